The highest BCUT2D eigenvalue weighted by Crippen LogP contribution is 2.43. The number of nitrogens with one attached hydrogen (secondary N) is 1. The number of aromatic nitrogens is 4. The molecule has 0 atom stereocenters. The minimum absolute atomic E-state index is 0.833. The van der Waals surface area contributed by atoms with Crippen molar-refractivity contribution < 1.29 is 0 Å². The van der Waals surface area contributed by atoms with Gasteiger partial charge in [0.25, 0.3) is 0 Å². The molecule has 8 bridgehead atoms. The number of terminal acetylenes is 1. The van der Waals surface area contributed by atoms with Crippen molar-refractivity contribution in [2.75, 3.05) is 0 Å². The van der Waals surface area contributed by atoms with Gasteiger partial charge in [0.2, 0.25) is 0 Å². The normalized spacial score (nSPS) is 13.3. The Hall–Kier alpha value is -3.84. The maximum atomic E-state index is 6.48. The quantitative estimate of drug-likeness (QED) is 0.280. The second kappa shape index (κ2) is 12.2. The van der Waals surface area contributed by atoms with Gasteiger partial charge in [-0.1, -0.05) is 54.4 Å². The van der Waals surface area contributed by atoms with Crippen LogP contribution in [0.25, 0.3) is 44.4 Å². The standard InChI is InChI=1S/C38H46N4/c1-10-25-27(12-3)35-31(16-7)36-28(13-4)29(14-5)37(41-36)32(17-8)38-30(15-6)26(11-2)34(42(38)18-9)22-24-20-19-23(39-24)21-33(25)40-35/h8,19-22,39H,10-16,18H2,1-7,9H3. The lowest BCUT2D eigenvalue weighted by molar-refractivity contribution is 0.820. The first kappa shape index (κ1) is 29.6. The summed E-state index contributed by atoms with van der Waals surface area (Å²) in [5.41, 5.74) is 19.0. The van der Waals surface area contributed by atoms with Gasteiger partial charge in [0.1, 0.15) is 0 Å². The highest BCUT2D eigenvalue weighted by atomic mass is 15.0. The van der Waals surface area contributed by atoms with E-state index in [0.29, 0.717) is 0 Å². The number of allylic oxidation sites excluding steroid dienone is 4. The van der Waals surface area contributed by atoms with Crippen LogP contribution in [0, 0.1) is 12.3 Å². The van der Waals surface area contributed by atoms with Crippen molar-refractivity contribution in [2.24, 2.45) is 0 Å². The molecule has 4 nitrogen and oxygen atoms in total. The lowest BCUT2D eigenvalue weighted by atomic mass is 9.92. The zero-order valence-electron chi connectivity index (χ0n) is 26.9. The molecule has 2 aliphatic rings. The smallest absolute Gasteiger partial charge is 0.0850 e. The average Bonchev–Trinajstić information content (AvgIpc) is 3.76. The third kappa shape index (κ3) is 4.55. The molecular weight excluding hydrogens is 512 g/mol. The van der Waals surface area contributed by atoms with E-state index >= 15 is 0 Å². The van der Waals surface area contributed by atoms with Gasteiger partial charge in [-0.2, -0.15) is 0 Å². The Balaban J connectivity index is 2.15. The molecule has 5 heterocycles. The topological polar surface area (TPSA) is 46.5 Å². The van der Waals surface area contributed by atoms with Crippen LogP contribution >= 0.6 is 0 Å². The molecule has 0 fully saturated rings. The molecule has 0 amide bonds. The van der Waals surface area contributed by atoms with Crippen LogP contribution in [0.1, 0.15) is 126 Å². The summed E-state index contributed by atoms with van der Waals surface area (Å²) in [6.45, 7) is 18.8. The SMILES string of the molecule is C#Cc1c2nc(c(CC)c3nc(cc4ccc(cc5c(CC)c(CC)c1n5CC)[nH]4)C(CC)=C3CC)C(CC)=C2CC. The summed E-state index contributed by atoms with van der Waals surface area (Å²) < 4.78 is 2.43. The van der Waals surface area contributed by atoms with Gasteiger partial charge < -0.3 is 9.55 Å². The number of H-pyrrole nitrogens is 1. The predicted molar refractivity (Wildman–Crippen MR) is 181 cm³/mol. The van der Waals surface area contributed by atoms with Gasteiger partial charge in [-0.25, -0.2) is 9.97 Å². The van der Waals surface area contributed by atoms with Crippen LogP contribution in [0.3, 0.4) is 0 Å². The summed E-state index contributed by atoms with van der Waals surface area (Å²) in [5, 5.41) is 0. The second-order valence-electron chi connectivity index (χ2n) is 11.1. The van der Waals surface area contributed by atoms with E-state index in [-0.39, 0.29) is 0 Å². The van der Waals surface area contributed by atoms with E-state index < -0.39 is 0 Å². The van der Waals surface area contributed by atoms with Crippen LogP contribution in [0.4, 0.5) is 0 Å². The fourth-order valence-electron chi connectivity index (χ4n) is 7.33. The Morgan fingerprint density at radius 1 is 0.643 bits per heavy atom. The Morgan fingerprint density at radius 3 is 1.74 bits per heavy atom. The first-order chi connectivity index (χ1) is 20.4. The summed E-state index contributed by atoms with van der Waals surface area (Å²) in [7, 11) is 0. The predicted octanol–water partition coefficient (Wildman–Crippen LogP) is 9.94. The molecule has 42 heavy (non-hydrogen) atoms. The van der Waals surface area contributed by atoms with Crippen molar-refractivity contribution in [3.05, 3.63) is 69.3 Å². The van der Waals surface area contributed by atoms with E-state index in [4.69, 9.17) is 16.4 Å². The van der Waals surface area contributed by atoms with Crippen molar-refractivity contribution in [1.82, 2.24) is 19.5 Å². The molecule has 0 radical (unpaired) electrons. The number of rotatable bonds is 8. The van der Waals surface area contributed by atoms with Crippen molar-refractivity contribution in [1.29, 1.82) is 0 Å². The second-order valence-corrected chi connectivity index (χ2v) is 11.1. The molecule has 3 aromatic rings. The number of hydrogen-bond acceptors (Lipinski definition) is 2. The Morgan fingerprint density at radius 2 is 1.19 bits per heavy atom. The van der Waals surface area contributed by atoms with E-state index in [1.807, 2.05) is 0 Å². The summed E-state index contributed by atoms with van der Waals surface area (Å²) in [6, 6.07) is 8.88. The number of hydrogen-bond donors (Lipinski definition) is 1. The van der Waals surface area contributed by atoms with E-state index in [9.17, 15) is 0 Å². The fraction of sp³-hybridized carbons (Fsp3) is 0.421. The van der Waals surface area contributed by atoms with Crippen LogP contribution in [0.5, 0.6) is 0 Å². The summed E-state index contributed by atoms with van der Waals surface area (Å²) >= 11 is 0. The maximum Gasteiger partial charge on any atom is 0.0850 e. The number of aromatic amines is 1. The van der Waals surface area contributed by atoms with Crippen LogP contribution in [-0.4, -0.2) is 19.5 Å². The van der Waals surface area contributed by atoms with Crippen molar-refractivity contribution in [3.63, 3.8) is 0 Å². The van der Waals surface area contributed by atoms with Crippen molar-refractivity contribution >= 4 is 44.4 Å². The molecule has 0 spiro atoms. The van der Waals surface area contributed by atoms with Gasteiger partial charge in [0, 0.05) is 28.7 Å². The van der Waals surface area contributed by atoms with E-state index in [1.165, 1.54) is 44.5 Å². The van der Waals surface area contributed by atoms with Crippen LogP contribution in [0.2, 0.25) is 0 Å². The monoisotopic (exact) mass is 558 g/mol. The molecule has 2 aliphatic heterocycles. The number of nitrogens with zero attached hydrogens (tertiary/aromatic N) is 3. The molecule has 218 valence electrons. The van der Waals surface area contributed by atoms with Gasteiger partial charge in [0.05, 0.1) is 33.9 Å². The van der Waals surface area contributed by atoms with Crippen LogP contribution < -0.4 is 0 Å². The van der Waals surface area contributed by atoms with Gasteiger partial charge in [-0.15, -0.1) is 6.42 Å². The Labute approximate surface area is 252 Å². The van der Waals surface area contributed by atoms with Gasteiger partial charge in [0.15, 0.2) is 0 Å². The molecule has 3 aromatic heterocycles. The summed E-state index contributed by atoms with van der Waals surface area (Å²) in [5.74, 6) is 3.18. The number of aryl methyl sites for hydroxylation is 3. The van der Waals surface area contributed by atoms with Crippen LogP contribution in [0.15, 0.2) is 24.3 Å². The zero-order chi connectivity index (χ0) is 30.1. The molecular formula is C38H46N4. The first-order valence-electron chi connectivity index (χ1n) is 16.1. The van der Waals surface area contributed by atoms with Gasteiger partial charge in [-0.3, -0.25) is 0 Å². The molecule has 0 aliphatic carbocycles. The van der Waals surface area contributed by atoms with Gasteiger partial charge in [-0.05, 0) is 110 Å². The zero-order valence-corrected chi connectivity index (χ0v) is 26.9. The average molecular weight is 559 g/mol. The van der Waals surface area contributed by atoms with Crippen molar-refractivity contribution in [3.8, 4) is 12.3 Å². The highest BCUT2D eigenvalue weighted by Gasteiger charge is 2.28. The Kier molecular flexibility index (Phi) is 8.60. The largest absolute Gasteiger partial charge is 0.355 e. The minimum Gasteiger partial charge on any atom is -0.355 e. The van der Waals surface area contributed by atoms with E-state index in [0.717, 1.165) is 96.4 Å². The molecule has 0 aromatic carbocycles. The first-order valence-corrected chi connectivity index (χ1v) is 16.1. The molecule has 5 rings (SSSR count). The molecule has 0 unspecified atom stereocenters. The number of fused-ring (bicyclic) bond motifs is 8. The fourth-order valence-corrected chi connectivity index (χ4v) is 7.33. The molecule has 1 N–H and O–H groups in total. The Bertz CT molecular complexity index is 1810. The summed E-state index contributed by atoms with van der Waals surface area (Å²) in [4.78, 5) is 14.5. The van der Waals surface area contributed by atoms with E-state index in [2.05, 4.69) is 95.1 Å². The molecule has 4 heteroatoms. The lowest BCUT2D eigenvalue weighted by Crippen LogP contribution is -1.99. The third-order valence-corrected chi connectivity index (χ3v) is 9.17. The highest BCUT2D eigenvalue weighted by molar-refractivity contribution is 5.99. The molecule has 0 saturated heterocycles. The van der Waals surface area contributed by atoms with Gasteiger partial charge >= 0.3 is 0 Å². The summed E-state index contributed by atoms with van der Waals surface area (Å²) in [6.07, 6.45) is 12.9. The minimum atomic E-state index is 0.833. The lowest BCUT2D eigenvalue weighted by Gasteiger charge is -2.10. The van der Waals surface area contributed by atoms with E-state index in [1.54, 1.807) is 0 Å². The third-order valence-electron chi connectivity index (χ3n) is 9.17. The van der Waals surface area contributed by atoms with Crippen LogP contribution in [-0.2, 0) is 25.8 Å². The molecule has 0 saturated carbocycles. The maximum absolute atomic E-state index is 6.48. The van der Waals surface area contributed by atoms with Crippen molar-refractivity contribution in [2.45, 2.75) is 107 Å².